The van der Waals surface area contributed by atoms with Crippen molar-refractivity contribution in [2.45, 2.75) is 32.4 Å². The maximum absolute atomic E-state index is 12.1. The van der Waals surface area contributed by atoms with Crippen LogP contribution in [-0.4, -0.2) is 36.3 Å². The van der Waals surface area contributed by atoms with Crippen molar-refractivity contribution in [2.24, 2.45) is 0 Å². The third kappa shape index (κ3) is 4.51. The fraction of sp³-hybridized carbons (Fsp3) is 0.400. The molecule has 0 aliphatic carbocycles. The van der Waals surface area contributed by atoms with Gasteiger partial charge in [-0.2, -0.15) is 0 Å². The van der Waals surface area contributed by atoms with Gasteiger partial charge in [0.05, 0.1) is 6.04 Å². The van der Waals surface area contributed by atoms with Crippen LogP contribution in [0.15, 0.2) is 41.8 Å². The molecule has 2 N–H and O–H groups in total. The van der Waals surface area contributed by atoms with Gasteiger partial charge in [0.1, 0.15) is 0 Å². The molecule has 0 unspecified atom stereocenters. The zero-order chi connectivity index (χ0) is 18.4. The summed E-state index contributed by atoms with van der Waals surface area (Å²) in [5, 5.41) is 7.49. The van der Waals surface area contributed by atoms with Crippen molar-refractivity contribution in [2.75, 3.05) is 19.6 Å². The summed E-state index contributed by atoms with van der Waals surface area (Å²) < 4.78 is 0. The Morgan fingerprint density at radius 2 is 1.88 bits per heavy atom. The number of nitrogens with one attached hydrogen (secondary N) is 2. The summed E-state index contributed by atoms with van der Waals surface area (Å²) in [5.41, 5.74) is 2.74. The molecule has 5 nitrogen and oxygen atoms in total. The normalized spacial score (nSPS) is 15.1. The monoisotopic (exact) mass is 371 g/mol. The average Bonchev–Trinajstić information content (AvgIpc) is 3.20. The second-order valence-electron chi connectivity index (χ2n) is 6.49. The number of benzene rings is 1. The van der Waals surface area contributed by atoms with Crippen molar-refractivity contribution in [3.63, 3.8) is 0 Å². The number of carbonyl (C=O) groups excluding carboxylic acids is 2. The van der Waals surface area contributed by atoms with Gasteiger partial charge >= 0.3 is 11.8 Å². The molecule has 2 heterocycles. The molecule has 26 heavy (non-hydrogen) atoms. The van der Waals surface area contributed by atoms with Crippen LogP contribution < -0.4 is 10.6 Å². The van der Waals surface area contributed by atoms with Crippen molar-refractivity contribution in [3.05, 3.63) is 57.8 Å². The van der Waals surface area contributed by atoms with Crippen LogP contribution in [-0.2, 0) is 22.6 Å². The Hall–Kier alpha value is -2.18. The molecule has 2 amide bonds. The lowest BCUT2D eigenvalue weighted by atomic mass is 9.98. The summed E-state index contributed by atoms with van der Waals surface area (Å²) in [7, 11) is 0. The van der Waals surface area contributed by atoms with Gasteiger partial charge < -0.3 is 10.6 Å². The minimum atomic E-state index is -0.558. The summed E-state index contributed by atoms with van der Waals surface area (Å²) in [6.45, 7) is 4.71. The largest absolute Gasteiger partial charge is 0.348 e. The maximum atomic E-state index is 12.1. The number of hydrogen-bond donors (Lipinski definition) is 2. The number of hydrogen-bond acceptors (Lipinski definition) is 4. The second kappa shape index (κ2) is 8.96. The fourth-order valence-corrected chi connectivity index (χ4v) is 4.12. The molecule has 2 aromatic rings. The van der Waals surface area contributed by atoms with Crippen LogP contribution in [0.2, 0.25) is 0 Å². The number of rotatable bonds is 6. The summed E-state index contributed by atoms with van der Waals surface area (Å²) in [4.78, 5) is 27.5. The highest BCUT2D eigenvalue weighted by molar-refractivity contribution is 7.10. The Labute approximate surface area is 158 Å². The van der Waals surface area contributed by atoms with Crippen LogP contribution in [0.5, 0.6) is 0 Å². The van der Waals surface area contributed by atoms with E-state index in [1.54, 1.807) is 11.3 Å². The molecule has 1 aromatic carbocycles. The average molecular weight is 372 g/mol. The van der Waals surface area contributed by atoms with Gasteiger partial charge in [0.25, 0.3) is 0 Å². The molecule has 0 saturated carbocycles. The first-order valence-corrected chi connectivity index (χ1v) is 9.97. The summed E-state index contributed by atoms with van der Waals surface area (Å²) in [6, 6.07) is 12.7. The minimum Gasteiger partial charge on any atom is -0.348 e. The van der Waals surface area contributed by atoms with Crippen LogP contribution in [0.4, 0.5) is 0 Å². The van der Waals surface area contributed by atoms with Crippen molar-refractivity contribution in [1.29, 1.82) is 0 Å². The smallest absolute Gasteiger partial charge is 0.309 e. The lowest BCUT2D eigenvalue weighted by molar-refractivity contribution is -0.139. The van der Waals surface area contributed by atoms with E-state index in [0.29, 0.717) is 13.1 Å². The van der Waals surface area contributed by atoms with E-state index in [9.17, 15) is 9.59 Å². The number of amides is 2. The number of nitrogens with zero attached hydrogens (tertiary/aromatic N) is 1. The van der Waals surface area contributed by atoms with E-state index < -0.39 is 11.8 Å². The fourth-order valence-electron chi connectivity index (χ4n) is 3.26. The van der Waals surface area contributed by atoms with Gasteiger partial charge in [-0.05, 0) is 35.4 Å². The molecule has 138 valence electrons. The molecule has 0 fully saturated rings. The highest BCUT2D eigenvalue weighted by atomic mass is 32.1. The Balaban J connectivity index is 1.67. The predicted octanol–water partition coefficient (Wildman–Crippen LogP) is 2.49. The van der Waals surface area contributed by atoms with Gasteiger partial charge in [-0.1, -0.05) is 37.3 Å². The Morgan fingerprint density at radius 3 is 2.62 bits per heavy atom. The molecule has 6 heteroatoms. The van der Waals surface area contributed by atoms with Crippen LogP contribution >= 0.6 is 11.3 Å². The molecule has 0 spiro atoms. The van der Waals surface area contributed by atoms with Crippen LogP contribution in [0.25, 0.3) is 0 Å². The number of carbonyl (C=O) groups is 2. The van der Waals surface area contributed by atoms with Crippen LogP contribution in [0.1, 0.15) is 35.4 Å². The van der Waals surface area contributed by atoms with E-state index in [-0.39, 0.29) is 6.04 Å². The SMILES string of the molecule is CCCNC(=O)C(=O)NC[C@@H](c1cccs1)N1CCc2ccccc2C1. The summed E-state index contributed by atoms with van der Waals surface area (Å²) in [6.07, 6.45) is 1.81. The van der Waals surface area contributed by atoms with E-state index in [0.717, 1.165) is 25.9 Å². The molecule has 1 atom stereocenters. The molecular weight excluding hydrogens is 346 g/mol. The maximum Gasteiger partial charge on any atom is 0.309 e. The third-order valence-electron chi connectivity index (χ3n) is 4.67. The molecule has 3 rings (SSSR count). The third-order valence-corrected chi connectivity index (χ3v) is 5.64. The molecule has 0 saturated heterocycles. The molecular formula is C20H25N3O2S. The first-order valence-electron chi connectivity index (χ1n) is 9.09. The lowest BCUT2D eigenvalue weighted by Crippen LogP contribution is -2.45. The van der Waals surface area contributed by atoms with Crippen molar-refractivity contribution >= 4 is 23.2 Å². The molecule has 0 bridgehead atoms. The Bertz CT molecular complexity index is 745. The number of fused-ring (bicyclic) bond motifs is 1. The number of thiophene rings is 1. The summed E-state index contributed by atoms with van der Waals surface area (Å²) >= 11 is 1.69. The van der Waals surface area contributed by atoms with Crippen LogP contribution in [0, 0.1) is 0 Å². The highest BCUT2D eigenvalue weighted by Gasteiger charge is 2.26. The lowest BCUT2D eigenvalue weighted by Gasteiger charge is -2.35. The van der Waals surface area contributed by atoms with E-state index in [1.165, 1.54) is 16.0 Å². The van der Waals surface area contributed by atoms with E-state index in [4.69, 9.17) is 0 Å². The van der Waals surface area contributed by atoms with E-state index in [2.05, 4.69) is 51.2 Å². The first kappa shape index (κ1) is 18.6. The van der Waals surface area contributed by atoms with Gasteiger partial charge in [-0.25, -0.2) is 0 Å². The molecule has 1 aliphatic heterocycles. The van der Waals surface area contributed by atoms with Gasteiger partial charge in [-0.3, -0.25) is 14.5 Å². The molecule has 1 aromatic heterocycles. The molecule has 1 aliphatic rings. The van der Waals surface area contributed by atoms with Gasteiger partial charge in [0.2, 0.25) is 0 Å². The first-order chi connectivity index (χ1) is 12.7. The van der Waals surface area contributed by atoms with Gasteiger partial charge in [0, 0.05) is 31.1 Å². The van der Waals surface area contributed by atoms with Crippen molar-refractivity contribution in [1.82, 2.24) is 15.5 Å². The van der Waals surface area contributed by atoms with Crippen molar-refractivity contribution in [3.8, 4) is 0 Å². The zero-order valence-corrected chi connectivity index (χ0v) is 15.8. The minimum absolute atomic E-state index is 0.0753. The quantitative estimate of drug-likeness (QED) is 0.767. The van der Waals surface area contributed by atoms with Gasteiger partial charge in [0.15, 0.2) is 0 Å². The van der Waals surface area contributed by atoms with E-state index >= 15 is 0 Å². The standard InChI is InChI=1S/C20H25N3O2S/c1-2-10-21-19(24)20(25)22-13-17(18-8-5-12-26-18)23-11-9-15-6-3-4-7-16(15)14-23/h3-8,12,17H,2,9-11,13-14H2,1H3,(H,21,24)(H,22,25)/t17-/m0/s1. The Kier molecular flexibility index (Phi) is 6.41. The highest BCUT2D eigenvalue weighted by Crippen LogP contribution is 2.29. The van der Waals surface area contributed by atoms with Crippen LogP contribution in [0.3, 0.4) is 0 Å². The Morgan fingerprint density at radius 1 is 1.12 bits per heavy atom. The van der Waals surface area contributed by atoms with Crippen molar-refractivity contribution < 1.29 is 9.59 Å². The summed E-state index contributed by atoms with van der Waals surface area (Å²) in [5.74, 6) is -1.11. The molecule has 0 radical (unpaired) electrons. The van der Waals surface area contributed by atoms with E-state index in [1.807, 2.05) is 13.0 Å². The zero-order valence-electron chi connectivity index (χ0n) is 15.0. The predicted molar refractivity (Wildman–Crippen MR) is 104 cm³/mol. The topological polar surface area (TPSA) is 61.4 Å². The van der Waals surface area contributed by atoms with Gasteiger partial charge in [-0.15, -0.1) is 11.3 Å². The second-order valence-corrected chi connectivity index (χ2v) is 7.47.